The zero-order valence-electron chi connectivity index (χ0n) is 10.3. The molecule has 2 heterocycles. The van der Waals surface area contributed by atoms with Crippen LogP contribution in [0.3, 0.4) is 0 Å². The van der Waals surface area contributed by atoms with Crippen molar-refractivity contribution in [3.8, 4) is 6.07 Å². The summed E-state index contributed by atoms with van der Waals surface area (Å²) in [5, 5.41) is 13.5. The zero-order valence-corrected chi connectivity index (χ0v) is 11.1. The molecule has 0 spiro atoms. The van der Waals surface area contributed by atoms with E-state index in [0.29, 0.717) is 10.9 Å². The SMILES string of the molecule is N#CCC(=O)NN=Cc1ccc(Sc2ccccn2)o1. The number of nitrogens with one attached hydrogen (secondary N) is 1. The quantitative estimate of drug-likeness (QED) is 0.672. The first-order valence-corrected chi connectivity index (χ1v) is 6.47. The van der Waals surface area contributed by atoms with Gasteiger partial charge in [-0.2, -0.15) is 10.4 Å². The minimum atomic E-state index is -0.460. The standard InChI is InChI=1S/C13H10N4O2S/c14-7-6-11(18)17-16-9-10-4-5-13(19-10)20-12-3-1-2-8-15-12/h1-5,8-9H,6H2,(H,17,18). The second-order valence-electron chi connectivity index (χ2n) is 3.55. The molecule has 6 nitrogen and oxygen atoms in total. The van der Waals surface area contributed by atoms with Crippen molar-refractivity contribution in [2.24, 2.45) is 5.10 Å². The predicted octanol–water partition coefficient (Wildman–Crippen LogP) is 2.19. The van der Waals surface area contributed by atoms with E-state index >= 15 is 0 Å². The van der Waals surface area contributed by atoms with Gasteiger partial charge in [0.15, 0.2) is 5.09 Å². The second kappa shape index (κ2) is 7.11. The fourth-order valence-electron chi connectivity index (χ4n) is 1.25. The van der Waals surface area contributed by atoms with E-state index in [0.717, 1.165) is 5.03 Å². The Kier molecular flexibility index (Phi) is 4.92. The largest absolute Gasteiger partial charge is 0.448 e. The van der Waals surface area contributed by atoms with E-state index < -0.39 is 5.91 Å². The van der Waals surface area contributed by atoms with Crippen molar-refractivity contribution in [2.75, 3.05) is 0 Å². The molecule has 0 bridgehead atoms. The van der Waals surface area contributed by atoms with Gasteiger partial charge < -0.3 is 4.42 Å². The van der Waals surface area contributed by atoms with Gasteiger partial charge in [-0.05, 0) is 36.0 Å². The number of pyridine rings is 1. The third-order valence-corrected chi connectivity index (χ3v) is 2.94. The Morgan fingerprint density at radius 1 is 1.50 bits per heavy atom. The maximum Gasteiger partial charge on any atom is 0.254 e. The number of nitrogens with zero attached hydrogens (tertiary/aromatic N) is 3. The Morgan fingerprint density at radius 3 is 3.15 bits per heavy atom. The smallest absolute Gasteiger partial charge is 0.254 e. The first-order chi connectivity index (χ1) is 9.78. The van der Waals surface area contributed by atoms with Crippen LogP contribution in [0.25, 0.3) is 0 Å². The predicted molar refractivity (Wildman–Crippen MR) is 73.0 cm³/mol. The molecule has 2 aromatic rings. The van der Waals surface area contributed by atoms with Gasteiger partial charge >= 0.3 is 0 Å². The van der Waals surface area contributed by atoms with Crippen LogP contribution in [0.4, 0.5) is 0 Å². The Labute approximate surface area is 119 Å². The molecule has 2 aromatic heterocycles. The molecule has 0 aliphatic carbocycles. The summed E-state index contributed by atoms with van der Waals surface area (Å²) >= 11 is 1.39. The number of amides is 1. The van der Waals surface area contributed by atoms with Gasteiger partial charge in [-0.1, -0.05) is 6.07 Å². The van der Waals surface area contributed by atoms with Crippen LogP contribution < -0.4 is 5.43 Å². The average molecular weight is 286 g/mol. The van der Waals surface area contributed by atoms with Crippen molar-refractivity contribution < 1.29 is 9.21 Å². The number of nitriles is 1. The molecular weight excluding hydrogens is 276 g/mol. The molecule has 0 aromatic carbocycles. The van der Waals surface area contributed by atoms with Gasteiger partial charge in [0.2, 0.25) is 0 Å². The first-order valence-electron chi connectivity index (χ1n) is 5.65. The van der Waals surface area contributed by atoms with Crippen molar-refractivity contribution in [3.05, 3.63) is 42.3 Å². The lowest BCUT2D eigenvalue weighted by Gasteiger charge is -1.95. The van der Waals surface area contributed by atoms with E-state index in [2.05, 4.69) is 15.5 Å². The Bertz CT molecular complexity index is 646. The lowest BCUT2D eigenvalue weighted by Crippen LogP contribution is -2.15. The van der Waals surface area contributed by atoms with Gasteiger partial charge in [-0.15, -0.1) is 0 Å². The number of hydrogen-bond acceptors (Lipinski definition) is 6. The van der Waals surface area contributed by atoms with E-state index in [-0.39, 0.29) is 6.42 Å². The third-order valence-electron chi connectivity index (χ3n) is 2.07. The summed E-state index contributed by atoms with van der Waals surface area (Å²) < 4.78 is 5.49. The summed E-state index contributed by atoms with van der Waals surface area (Å²) in [7, 11) is 0. The van der Waals surface area contributed by atoms with Crippen molar-refractivity contribution >= 4 is 23.9 Å². The number of aromatic nitrogens is 1. The van der Waals surface area contributed by atoms with Gasteiger partial charge in [0, 0.05) is 6.20 Å². The van der Waals surface area contributed by atoms with Crippen molar-refractivity contribution in [2.45, 2.75) is 16.5 Å². The molecule has 0 saturated carbocycles. The van der Waals surface area contributed by atoms with Crippen LogP contribution in [0.5, 0.6) is 0 Å². The van der Waals surface area contributed by atoms with E-state index in [1.54, 1.807) is 24.4 Å². The molecule has 0 unspecified atom stereocenters. The third kappa shape index (κ3) is 4.26. The molecule has 7 heteroatoms. The van der Waals surface area contributed by atoms with Crippen LogP contribution >= 0.6 is 11.8 Å². The fraction of sp³-hybridized carbons (Fsp3) is 0.0769. The van der Waals surface area contributed by atoms with E-state index in [4.69, 9.17) is 9.68 Å². The van der Waals surface area contributed by atoms with Crippen molar-refractivity contribution in [1.82, 2.24) is 10.4 Å². The molecular formula is C13H10N4O2S. The molecule has 0 radical (unpaired) electrons. The van der Waals surface area contributed by atoms with Crippen molar-refractivity contribution in [3.63, 3.8) is 0 Å². The van der Waals surface area contributed by atoms with Crippen LogP contribution in [-0.2, 0) is 4.79 Å². The summed E-state index contributed by atoms with van der Waals surface area (Å²) in [5.41, 5.74) is 2.22. The summed E-state index contributed by atoms with van der Waals surface area (Å²) in [6.07, 6.45) is 2.85. The Hall–Kier alpha value is -2.59. The fourth-order valence-corrected chi connectivity index (χ4v) is 1.99. The lowest BCUT2D eigenvalue weighted by atomic mass is 10.5. The molecule has 0 fully saturated rings. The number of hydrogen-bond donors (Lipinski definition) is 1. The highest BCUT2D eigenvalue weighted by Gasteiger charge is 2.03. The highest BCUT2D eigenvalue weighted by molar-refractivity contribution is 7.99. The van der Waals surface area contributed by atoms with Gasteiger partial charge in [-0.25, -0.2) is 10.4 Å². The lowest BCUT2D eigenvalue weighted by molar-refractivity contribution is -0.120. The number of rotatable bonds is 5. The van der Waals surface area contributed by atoms with Gasteiger partial charge in [0.1, 0.15) is 17.2 Å². The molecule has 0 aliphatic rings. The van der Waals surface area contributed by atoms with Crippen LogP contribution in [-0.4, -0.2) is 17.1 Å². The molecule has 100 valence electrons. The van der Waals surface area contributed by atoms with Gasteiger partial charge in [0.25, 0.3) is 5.91 Å². The summed E-state index contributed by atoms with van der Waals surface area (Å²) in [6.45, 7) is 0. The highest BCUT2D eigenvalue weighted by Crippen LogP contribution is 2.26. The molecule has 0 atom stereocenters. The highest BCUT2D eigenvalue weighted by atomic mass is 32.2. The number of carbonyl (C=O) groups excluding carboxylic acids is 1. The summed E-state index contributed by atoms with van der Waals surface area (Å²) in [5.74, 6) is 0.0408. The monoisotopic (exact) mass is 286 g/mol. The number of hydrazone groups is 1. The minimum absolute atomic E-state index is 0.226. The minimum Gasteiger partial charge on any atom is -0.448 e. The summed E-state index contributed by atoms with van der Waals surface area (Å²) in [4.78, 5) is 15.2. The zero-order chi connectivity index (χ0) is 14.2. The van der Waals surface area contributed by atoms with E-state index in [1.165, 1.54) is 18.0 Å². The van der Waals surface area contributed by atoms with Crippen molar-refractivity contribution in [1.29, 1.82) is 5.26 Å². The number of carbonyl (C=O) groups is 1. The molecule has 20 heavy (non-hydrogen) atoms. The topological polar surface area (TPSA) is 91.3 Å². The number of furan rings is 1. The van der Waals surface area contributed by atoms with Crippen LogP contribution in [0, 0.1) is 11.3 Å². The first kappa shape index (κ1) is 13.8. The molecule has 1 amide bonds. The second-order valence-corrected chi connectivity index (χ2v) is 4.58. The van der Waals surface area contributed by atoms with E-state index in [9.17, 15) is 4.79 Å². The van der Waals surface area contributed by atoms with Crippen LogP contribution in [0.2, 0.25) is 0 Å². The molecule has 1 N–H and O–H groups in total. The van der Waals surface area contributed by atoms with Gasteiger partial charge in [-0.3, -0.25) is 4.79 Å². The van der Waals surface area contributed by atoms with Gasteiger partial charge in [0.05, 0.1) is 12.3 Å². The average Bonchev–Trinajstić information content (AvgIpc) is 2.88. The molecule has 0 saturated heterocycles. The maximum atomic E-state index is 11.0. The molecule has 2 rings (SSSR count). The van der Waals surface area contributed by atoms with Crippen LogP contribution in [0.15, 0.2) is 56.2 Å². The Morgan fingerprint density at radius 2 is 2.40 bits per heavy atom. The molecule has 0 aliphatic heterocycles. The summed E-state index contributed by atoms with van der Waals surface area (Å²) in [6, 6.07) is 10.9. The maximum absolute atomic E-state index is 11.0. The Balaban J connectivity index is 1.91. The van der Waals surface area contributed by atoms with E-state index in [1.807, 2.05) is 18.2 Å². The van der Waals surface area contributed by atoms with Crippen LogP contribution in [0.1, 0.15) is 12.2 Å². The normalized spacial score (nSPS) is 10.3.